The highest BCUT2D eigenvalue weighted by atomic mass is 19.4. The monoisotopic (exact) mass is 461 g/mol. The molecule has 2 aromatic heterocycles. The minimum absolute atomic E-state index is 0.00825. The molecule has 1 aliphatic heterocycles. The van der Waals surface area contributed by atoms with E-state index in [-0.39, 0.29) is 17.1 Å². The molecular weight excluding hydrogens is 435 g/mol. The number of alkyl halides is 3. The zero-order chi connectivity index (χ0) is 23.6. The number of nitrogens with one attached hydrogen (secondary N) is 1. The van der Waals surface area contributed by atoms with Crippen molar-refractivity contribution in [3.8, 4) is 22.8 Å². The summed E-state index contributed by atoms with van der Waals surface area (Å²) < 4.78 is 50.5. The highest BCUT2D eigenvalue weighted by Gasteiger charge is 2.30. The lowest BCUT2D eigenvalue weighted by Gasteiger charge is -2.23. The minimum Gasteiger partial charge on any atom is -0.496 e. The van der Waals surface area contributed by atoms with Crippen molar-refractivity contribution in [2.24, 2.45) is 0 Å². The van der Waals surface area contributed by atoms with Crippen LogP contribution in [0.5, 0.6) is 11.5 Å². The molecule has 0 radical (unpaired) electrons. The molecule has 1 atom stereocenters. The number of hydrogen-bond acceptors (Lipinski definition) is 5. The summed E-state index contributed by atoms with van der Waals surface area (Å²) in [6.07, 6.45) is -0.339. The van der Waals surface area contributed by atoms with E-state index in [0.29, 0.717) is 11.5 Å². The Bertz CT molecular complexity index is 1130. The van der Waals surface area contributed by atoms with Crippen molar-refractivity contribution in [3.05, 3.63) is 47.8 Å². The Morgan fingerprint density at radius 1 is 1.21 bits per heavy atom. The van der Waals surface area contributed by atoms with Crippen LogP contribution in [0.1, 0.15) is 47.5 Å². The summed E-state index contributed by atoms with van der Waals surface area (Å²) >= 11 is 0. The van der Waals surface area contributed by atoms with Crippen molar-refractivity contribution in [1.82, 2.24) is 14.7 Å². The molecule has 0 bridgehead atoms. The van der Waals surface area contributed by atoms with E-state index in [2.05, 4.69) is 22.4 Å². The summed E-state index contributed by atoms with van der Waals surface area (Å²) in [6.45, 7) is 1.99. The molecule has 1 saturated heterocycles. The third-order valence-electron chi connectivity index (χ3n) is 6.02. The molecule has 0 saturated carbocycles. The van der Waals surface area contributed by atoms with Gasteiger partial charge in [-0.05, 0) is 55.1 Å². The van der Waals surface area contributed by atoms with Crippen LogP contribution in [0.25, 0.3) is 16.9 Å². The number of methoxy groups -OCH3 is 2. The van der Waals surface area contributed by atoms with Crippen LogP contribution in [-0.4, -0.2) is 48.7 Å². The van der Waals surface area contributed by atoms with E-state index in [1.54, 1.807) is 18.3 Å². The van der Waals surface area contributed by atoms with Gasteiger partial charge in [0.2, 0.25) is 0 Å². The van der Waals surface area contributed by atoms with E-state index in [9.17, 15) is 18.0 Å². The van der Waals surface area contributed by atoms with Gasteiger partial charge in [0.25, 0.3) is 0 Å². The number of hydrogen-bond donors (Lipinski definition) is 1. The Labute approximate surface area is 189 Å². The summed E-state index contributed by atoms with van der Waals surface area (Å²) in [5, 5.41) is 3.42. The molecule has 1 N–H and O–H groups in total. The van der Waals surface area contributed by atoms with Crippen molar-refractivity contribution in [2.75, 3.05) is 27.3 Å². The number of fused-ring (bicyclic) bond motifs is 1. The molecular formula is C24H26F3N3O3. The maximum atomic E-state index is 12.6. The second-order valence-corrected chi connectivity index (χ2v) is 8.17. The number of ketones is 1. The number of carbonyl (C=O) groups is 1. The molecule has 1 aromatic carbocycles. The summed E-state index contributed by atoms with van der Waals surface area (Å²) in [4.78, 5) is 17.1. The van der Waals surface area contributed by atoms with Gasteiger partial charge >= 0.3 is 6.18 Å². The van der Waals surface area contributed by atoms with Crippen LogP contribution >= 0.6 is 0 Å². The number of benzene rings is 1. The number of halogens is 3. The van der Waals surface area contributed by atoms with Crippen LogP contribution in [0.2, 0.25) is 0 Å². The first kappa shape index (κ1) is 23.1. The van der Waals surface area contributed by atoms with Gasteiger partial charge in [-0.25, -0.2) is 4.98 Å². The quantitative estimate of drug-likeness (QED) is 0.501. The number of pyridine rings is 1. The lowest BCUT2D eigenvalue weighted by atomic mass is 9.92. The van der Waals surface area contributed by atoms with Crippen molar-refractivity contribution in [2.45, 2.75) is 37.8 Å². The SMILES string of the molecule is COc1cc(-c2cnc3cc(C4CCCNC4)ccn23)cc(OC)c1C(=O)CCC(F)(F)F. The van der Waals surface area contributed by atoms with Gasteiger partial charge in [-0.15, -0.1) is 0 Å². The lowest BCUT2D eigenvalue weighted by molar-refractivity contribution is -0.133. The minimum atomic E-state index is -4.42. The molecule has 0 aliphatic carbocycles. The normalized spacial score (nSPS) is 16.7. The number of Topliss-reactive ketones (excluding diaryl/α,β-unsaturated/α-hetero) is 1. The molecule has 6 nitrogen and oxygen atoms in total. The Balaban J connectivity index is 1.69. The van der Waals surface area contributed by atoms with Gasteiger partial charge in [0, 0.05) is 24.7 Å². The smallest absolute Gasteiger partial charge is 0.389 e. The molecule has 0 amide bonds. The van der Waals surface area contributed by atoms with Gasteiger partial charge in [-0.2, -0.15) is 13.2 Å². The predicted molar refractivity (Wildman–Crippen MR) is 118 cm³/mol. The highest BCUT2D eigenvalue weighted by Crippen LogP contribution is 2.37. The van der Waals surface area contributed by atoms with Crippen LogP contribution in [0, 0.1) is 0 Å². The maximum Gasteiger partial charge on any atom is 0.389 e. The number of aromatic nitrogens is 2. The Morgan fingerprint density at radius 3 is 2.55 bits per heavy atom. The molecule has 0 spiro atoms. The van der Waals surface area contributed by atoms with Crippen molar-refractivity contribution in [3.63, 3.8) is 0 Å². The molecule has 33 heavy (non-hydrogen) atoms. The Kier molecular flexibility index (Phi) is 6.60. The Morgan fingerprint density at radius 2 is 1.94 bits per heavy atom. The third-order valence-corrected chi connectivity index (χ3v) is 6.02. The molecule has 1 unspecified atom stereocenters. The molecule has 1 aliphatic rings. The standard InChI is InChI=1S/C24H26F3N3O3/c1-32-20-10-17(11-21(33-2)23(20)19(31)5-7-24(25,26)27)18-14-29-22-12-15(6-9-30(18)22)16-4-3-8-28-13-16/h6,9-12,14,16,28H,3-5,7-8,13H2,1-2H3. The fourth-order valence-electron chi connectivity index (χ4n) is 4.32. The Hall–Kier alpha value is -3.07. The molecule has 176 valence electrons. The molecule has 4 rings (SSSR count). The summed E-state index contributed by atoms with van der Waals surface area (Å²) in [6, 6.07) is 7.42. The number of ether oxygens (including phenoxy) is 2. The number of carbonyl (C=O) groups excluding carboxylic acids is 1. The van der Waals surface area contributed by atoms with E-state index in [4.69, 9.17) is 9.47 Å². The molecule has 9 heteroatoms. The molecule has 3 heterocycles. The first-order valence-electron chi connectivity index (χ1n) is 10.8. The van der Waals surface area contributed by atoms with Crippen LogP contribution < -0.4 is 14.8 Å². The average Bonchev–Trinajstić information content (AvgIpc) is 3.25. The van der Waals surface area contributed by atoms with Gasteiger partial charge in [0.15, 0.2) is 5.78 Å². The maximum absolute atomic E-state index is 12.6. The van der Waals surface area contributed by atoms with E-state index in [1.807, 2.05) is 10.6 Å². The third kappa shape index (κ3) is 4.98. The highest BCUT2D eigenvalue weighted by molar-refractivity contribution is 6.02. The molecule has 3 aromatic rings. The van der Waals surface area contributed by atoms with Gasteiger partial charge in [0.05, 0.1) is 32.5 Å². The topological polar surface area (TPSA) is 64.9 Å². The number of rotatable bonds is 7. The zero-order valence-electron chi connectivity index (χ0n) is 18.5. The lowest BCUT2D eigenvalue weighted by Crippen LogP contribution is -2.28. The van der Waals surface area contributed by atoms with Crippen LogP contribution in [0.15, 0.2) is 36.7 Å². The molecule has 1 fully saturated rings. The summed E-state index contributed by atoms with van der Waals surface area (Å²) in [5.74, 6) is 0.0929. The van der Waals surface area contributed by atoms with Crippen molar-refractivity contribution in [1.29, 1.82) is 0 Å². The van der Waals surface area contributed by atoms with Gasteiger partial charge in [-0.1, -0.05) is 0 Å². The van der Waals surface area contributed by atoms with Crippen LogP contribution in [0.4, 0.5) is 13.2 Å². The number of piperidine rings is 1. The average molecular weight is 461 g/mol. The van der Waals surface area contributed by atoms with Gasteiger partial charge in [0.1, 0.15) is 22.7 Å². The van der Waals surface area contributed by atoms with E-state index < -0.39 is 24.8 Å². The van der Waals surface area contributed by atoms with E-state index in [0.717, 1.165) is 37.3 Å². The predicted octanol–water partition coefficient (Wildman–Crippen LogP) is 5.01. The van der Waals surface area contributed by atoms with Crippen molar-refractivity contribution >= 4 is 11.4 Å². The largest absolute Gasteiger partial charge is 0.496 e. The van der Waals surface area contributed by atoms with E-state index >= 15 is 0 Å². The first-order chi connectivity index (χ1) is 15.8. The number of nitrogens with zero attached hydrogens (tertiary/aromatic N) is 2. The number of imidazole rings is 1. The van der Waals surface area contributed by atoms with Crippen molar-refractivity contribution < 1.29 is 27.4 Å². The zero-order valence-corrected chi connectivity index (χ0v) is 18.5. The van der Waals surface area contributed by atoms with Gasteiger partial charge in [-0.3, -0.25) is 9.20 Å². The fourth-order valence-corrected chi connectivity index (χ4v) is 4.32. The van der Waals surface area contributed by atoms with Crippen LogP contribution in [0.3, 0.4) is 0 Å². The summed E-state index contributed by atoms with van der Waals surface area (Å²) in [7, 11) is 2.75. The second-order valence-electron chi connectivity index (χ2n) is 8.17. The summed E-state index contributed by atoms with van der Waals surface area (Å²) in [5.41, 5.74) is 3.46. The van der Waals surface area contributed by atoms with Crippen LogP contribution in [-0.2, 0) is 0 Å². The van der Waals surface area contributed by atoms with Gasteiger partial charge < -0.3 is 14.8 Å². The van der Waals surface area contributed by atoms with E-state index in [1.165, 1.54) is 19.8 Å². The second kappa shape index (κ2) is 9.43. The fraction of sp³-hybridized carbons (Fsp3) is 0.417. The first-order valence-corrected chi connectivity index (χ1v) is 10.8.